The number of hydrogen-bond acceptors (Lipinski definition) is 4. The van der Waals surface area contributed by atoms with Gasteiger partial charge in [-0.05, 0) is 36.8 Å². The zero-order chi connectivity index (χ0) is 14.7. The van der Waals surface area contributed by atoms with Gasteiger partial charge in [0.25, 0.3) is 0 Å². The molecule has 20 heavy (non-hydrogen) atoms. The van der Waals surface area contributed by atoms with E-state index >= 15 is 0 Å². The monoisotopic (exact) mass is 291 g/mol. The van der Waals surface area contributed by atoms with Crippen LogP contribution in [-0.2, 0) is 0 Å². The van der Waals surface area contributed by atoms with Crippen molar-refractivity contribution in [1.82, 2.24) is 0 Å². The van der Waals surface area contributed by atoms with Crippen LogP contribution in [0.15, 0.2) is 36.4 Å². The van der Waals surface area contributed by atoms with E-state index in [1.54, 1.807) is 25.4 Å². The molecule has 106 valence electrons. The average molecular weight is 291 g/mol. The molecule has 1 heterocycles. The molecular formula is C15H17NO3S. The quantitative estimate of drug-likeness (QED) is 0.621. The molecular weight excluding hydrogens is 274 g/mol. The van der Waals surface area contributed by atoms with Gasteiger partial charge in [0.15, 0.2) is 0 Å². The Kier molecular flexibility index (Phi) is 4.39. The average Bonchev–Trinajstić information content (AvgIpc) is 2.86. The van der Waals surface area contributed by atoms with E-state index in [1.165, 1.54) is 0 Å². The smallest absolute Gasteiger partial charge is 0.221 e. The van der Waals surface area contributed by atoms with Gasteiger partial charge in [0.2, 0.25) is 6.04 Å². The summed E-state index contributed by atoms with van der Waals surface area (Å²) in [6.45, 7) is 3.67. The van der Waals surface area contributed by atoms with Crippen LogP contribution in [0.1, 0.15) is 28.2 Å². The number of benzene rings is 1. The fourth-order valence-corrected chi connectivity index (χ4v) is 3.34. The first kappa shape index (κ1) is 14.5. The highest BCUT2D eigenvalue weighted by molar-refractivity contribution is 7.12. The second-order valence-electron chi connectivity index (χ2n) is 4.73. The van der Waals surface area contributed by atoms with Crippen molar-refractivity contribution in [1.29, 1.82) is 0 Å². The zero-order valence-corrected chi connectivity index (χ0v) is 12.5. The van der Waals surface area contributed by atoms with Crippen molar-refractivity contribution in [2.75, 3.05) is 7.11 Å². The summed E-state index contributed by atoms with van der Waals surface area (Å²) < 4.78 is 5.14. The molecule has 4 nitrogen and oxygen atoms in total. The Morgan fingerprint density at radius 3 is 2.30 bits per heavy atom. The summed E-state index contributed by atoms with van der Waals surface area (Å²) in [6.07, 6.45) is 0. The van der Waals surface area contributed by atoms with Gasteiger partial charge in [0.1, 0.15) is 5.75 Å². The molecule has 2 atom stereocenters. The van der Waals surface area contributed by atoms with E-state index in [4.69, 9.17) is 4.74 Å². The van der Waals surface area contributed by atoms with Gasteiger partial charge in [-0.3, -0.25) is 10.1 Å². The Bertz CT molecular complexity index is 591. The first-order valence-electron chi connectivity index (χ1n) is 6.36. The molecule has 0 N–H and O–H groups in total. The van der Waals surface area contributed by atoms with E-state index in [-0.39, 0.29) is 10.8 Å². The number of nitro groups is 1. The van der Waals surface area contributed by atoms with Crippen LogP contribution in [0.5, 0.6) is 5.75 Å². The molecule has 1 aromatic carbocycles. The Balaban J connectivity index is 2.42. The second-order valence-corrected chi connectivity index (χ2v) is 6.04. The summed E-state index contributed by atoms with van der Waals surface area (Å²) in [5, 5.41) is 11.2. The van der Waals surface area contributed by atoms with E-state index in [0.29, 0.717) is 0 Å². The van der Waals surface area contributed by atoms with Gasteiger partial charge in [-0.2, -0.15) is 0 Å². The molecule has 0 fully saturated rings. The lowest BCUT2D eigenvalue weighted by molar-refractivity contribution is -0.520. The molecule has 2 aromatic rings. The Hall–Kier alpha value is -1.88. The van der Waals surface area contributed by atoms with Gasteiger partial charge in [-0.15, -0.1) is 11.3 Å². The molecule has 0 saturated carbocycles. The van der Waals surface area contributed by atoms with Crippen LogP contribution < -0.4 is 4.74 Å². The van der Waals surface area contributed by atoms with E-state index in [2.05, 4.69) is 0 Å². The standard InChI is InChI=1S/C15H17NO3S/c1-10-4-9-14(20-10)15(11(2)16(17)18)12-5-7-13(19-3)8-6-12/h4-9,11,15H,1-3H3/t11-,15+/m1/s1. The topological polar surface area (TPSA) is 52.4 Å². The molecule has 0 aliphatic rings. The third kappa shape index (κ3) is 2.99. The number of thiophene rings is 1. The van der Waals surface area contributed by atoms with Crippen LogP contribution in [-0.4, -0.2) is 18.1 Å². The summed E-state index contributed by atoms with van der Waals surface area (Å²) >= 11 is 1.61. The van der Waals surface area contributed by atoms with E-state index < -0.39 is 6.04 Å². The molecule has 0 amide bonds. The summed E-state index contributed by atoms with van der Waals surface area (Å²) in [6, 6.07) is 10.8. The largest absolute Gasteiger partial charge is 0.497 e. The van der Waals surface area contributed by atoms with Crippen LogP contribution in [0.4, 0.5) is 0 Å². The molecule has 0 aliphatic heterocycles. The zero-order valence-electron chi connectivity index (χ0n) is 11.7. The van der Waals surface area contributed by atoms with Gasteiger partial charge >= 0.3 is 0 Å². The lowest BCUT2D eigenvalue weighted by Crippen LogP contribution is -2.24. The van der Waals surface area contributed by atoms with E-state index in [1.807, 2.05) is 43.3 Å². The fraction of sp³-hybridized carbons (Fsp3) is 0.333. The molecule has 0 saturated heterocycles. The van der Waals surface area contributed by atoms with Crippen molar-refractivity contribution in [3.8, 4) is 5.75 Å². The number of rotatable bonds is 5. The Labute approximate surface area is 122 Å². The lowest BCUT2D eigenvalue weighted by atomic mass is 9.91. The van der Waals surface area contributed by atoms with Crippen molar-refractivity contribution >= 4 is 11.3 Å². The Morgan fingerprint density at radius 1 is 1.20 bits per heavy atom. The highest BCUT2D eigenvalue weighted by atomic mass is 32.1. The van der Waals surface area contributed by atoms with Crippen LogP contribution in [0.2, 0.25) is 0 Å². The maximum Gasteiger partial charge on any atom is 0.221 e. The SMILES string of the molecule is COc1ccc([C@@H](c2ccc(C)s2)[C@@H](C)[N+](=O)[O-])cc1. The molecule has 0 aliphatic carbocycles. The predicted octanol–water partition coefficient (Wildman–Crippen LogP) is 3.86. The lowest BCUT2D eigenvalue weighted by Gasteiger charge is -2.17. The Morgan fingerprint density at radius 2 is 1.85 bits per heavy atom. The minimum atomic E-state index is -0.665. The molecule has 0 unspecified atom stereocenters. The number of ether oxygens (including phenoxy) is 1. The minimum absolute atomic E-state index is 0.218. The van der Waals surface area contributed by atoms with Crippen LogP contribution in [0, 0.1) is 17.0 Å². The van der Waals surface area contributed by atoms with Crippen LogP contribution >= 0.6 is 11.3 Å². The molecule has 1 aromatic heterocycles. The molecule has 2 rings (SSSR count). The van der Waals surface area contributed by atoms with Crippen molar-refractivity contribution in [2.24, 2.45) is 0 Å². The van der Waals surface area contributed by atoms with Crippen LogP contribution in [0.3, 0.4) is 0 Å². The van der Waals surface area contributed by atoms with Crippen LogP contribution in [0.25, 0.3) is 0 Å². The first-order chi connectivity index (χ1) is 9.52. The van der Waals surface area contributed by atoms with Gasteiger partial charge in [-0.25, -0.2) is 0 Å². The molecule has 0 spiro atoms. The molecule has 5 heteroatoms. The van der Waals surface area contributed by atoms with Crippen molar-refractivity contribution in [3.63, 3.8) is 0 Å². The fourth-order valence-electron chi connectivity index (χ4n) is 2.23. The van der Waals surface area contributed by atoms with Crippen molar-refractivity contribution < 1.29 is 9.66 Å². The molecule has 0 bridgehead atoms. The van der Waals surface area contributed by atoms with Crippen molar-refractivity contribution in [3.05, 3.63) is 61.8 Å². The summed E-state index contributed by atoms with van der Waals surface area (Å²) in [5.74, 6) is 0.526. The van der Waals surface area contributed by atoms with Gasteiger partial charge in [-0.1, -0.05) is 12.1 Å². The van der Waals surface area contributed by atoms with Gasteiger partial charge in [0.05, 0.1) is 13.0 Å². The predicted molar refractivity (Wildman–Crippen MR) is 80.3 cm³/mol. The summed E-state index contributed by atoms with van der Waals surface area (Å²) in [5.41, 5.74) is 0.942. The maximum atomic E-state index is 11.2. The first-order valence-corrected chi connectivity index (χ1v) is 7.18. The number of nitrogens with zero attached hydrogens (tertiary/aromatic N) is 1. The minimum Gasteiger partial charge on any atom is -0.497 e. The van der Waals surface area contributed by atoms with Gasteiger partial charge in [0, 0.05) is 21.6 Å². The third-order valence-electron chi connectivity index (χ3n) is 3.36. The normalized spacial score (nSPS) is 13.8. The van der Waals surface area contributed by atoms with E-state index in [0.717, 1.165) is 21.1 Å². The highest BCUT2D eigenvalue weighted by Crippen LogP contribution is 2.34. The third-order valence-corrected chi connectivity index (χ3v) is 4.44. The number of methoxy groups -OCH3 is 1. The number of aryl methyl sites for hydroxylation is 1. The second kappa shape index (κ2) is 6.05. The highest BCUT2D eigenvalue weighted by Gasteiger charge is 2.30. The maximum absolute atomic E-state index is 11.2. The van der Waals surface area contributed by atoms with E-state index in [9.17, 15) is 10.1 Å². The van der Waals surface area contributed by atoms with Crippen molar-refractivity contribution in [2.45, 2.75) is 25.8 Å². The molecule has 0 radical (unpaired) electrons. The summed E-state index contributed by atoms with van der Waals surface area (Å²) in [7, 11) is 1.61. The number of hydrogen-bond donors (Lipinski definition) is 0. The summed E-state index contributed by atoms with van der Waals surface area (Å²) in [4.78, 5) is 13.2. The van der Waals surface area contributed by atoms with Gasteiger partial charge < -0.3 is 4.74 Å².